The minimum Gasteiger partial charge on any atom is -0.264 e. The lowest BCUT2D eigenvalue weighted by molar-refractivity contribution is 1.07. The van der Waals surface area contributed by atoms with E-state index in [0.717, 1.165) is 61.5 Å². The average molecular weight is 617 g/mol. The maximum absolute atomic E-state index is 4.96. The predicted molar refractivity (Wildman–Crippen MR) is 191 cm³/mol. The summed E-state index contributed by atoms with van der Waals surface area (Å²) in [6.45, 7) is 0. The van der Waals surface area contributed by atoms with Crippen molar-refractivity contribution >= 4 is 0 Å². The second kappa shape index (κ2) is 13.0. The molecule has 0 aliphatic rings. The fourth-order valence-electron chi connectivity index (χ4n) is 5.65. The highest BCUT2D eigenvalue weighted by atomic mass is 15.0. The summed E-state index contributed by atoms with van der Waals surface area (Å²) in [6, 6.07) is 49.2. The Balaban J connectivity index is 1.16. The highest BCUT2D eigenvalue weighted by Crippen LogP contribution is 2.32. The van der Waals surface area contributed by atoms with E-state index in [1.165, 1.54) is 0 Å². The Morgan fingerprint density at radius 3 is 1.21 bits per heavy atom. The molecule has 0 radical (unpaired) electrons. The van der Waals surface area contributed by atoms with Crippen LogP contribution in [0.25, 0.3) is 78.9 Å². The first-order chi connectivity index (χ1) is 23.8. The van der Waals surface area contributed by atoms with Crippen molar-refractivity contribution in [2.24, 2.45) is 0 Å². The van der Waals surface area contributed by atoms with Crippen molar-refractivity contribution in [3.63, 3.8) is 0 Å². The second-order valence-electron chi connectivity index (χ2n) is 11.3. The van der Waals surface area contributed by atoms with Gasteiger partial charge in [-0.2, -0.15) is 0 Å². The van der Waals surface area contributed by atoms with Gasteiger partial charge in [-0.1, -0.05) is 103 Å². The van der Waals surface area contributed by atoms with Gasteiger partial charge in [0, 0.05) is 52.6 Å². The summed E-state index contributed by atoms with van der Waals surface area (Å²) in [5.41, 5.74) is 10.8. The van der Waals surface area contributed by atoms with Gasteiger partial charge in [-0.05, 0) is 64.7 Å². The van der Waals surface area contributed by atoms with E-state index in [1.807, 2.05) is 103 Å². The van der Waals surface area contributed by atoms with Crippen LogP contribution in [0.5, 0.6) is 0 Å². The van der Waals surface area contributed by atoms with Crippen LogP contribution in [-0.4, -0.2) is 29.9 Å². The van der Waals surface area contributed by atoms with Crippen LogP contribution in [-0.2, 0) is 0 Å². The fourth-order valence-corrected chi connectivity index (χ4v) is 5.65. The van der Waals surface area contributed by atoms with Crippen molar-refractivity contribution in [2.45, 2.75) is 0 Å². The van der Waals surface area contributed by atoms with E-state index in [2.05, 4.69) is 64.6 Å². The molecule has 0 bridgehead atoms. The van der Waals surface area contributed by atoms with Crippen LogP contribution in [0, 0.1) is 0 Å². The minimum atomic E-state index is 0.629. The number of hydrogen-bond donors (Lipinski definition) is 0. The Kier molecular flexibility index (Phi) is 7.79. The second-order valence-corrected chi connectivity index (χ2v) is 11.3. The summed E-state index contributed by atoms with van der Waals surface area (Å²) in [6.07, 6.45) is 7.23. The molecule has 0 spiro atoms. The zero-order valence-electron chi connectivity index (χ0n) is 25.8. The molecule has 226 valence electrons. The molecule has 6 heteroatoms. The van der Waals surface area contributed by atoms with Gasteiger partial charge in [0.05, 0.1) is 11.4 Å². The largest absolute Gasteiger partial charge is 0.264 e. The van der Waals surface area contributed by atoms with E-state index in [0.29, 0.717) is 17.5 Å². The third-order valence-corrected chi connectivity index (χ3v) is 8.11. The van der Waals surface area contributed by atoms with Crippen molar-refractivity contribution in [2.75, 3.05) is 0 Å². The fraction of sp³-hybridized carbons (Fsp3) is 0. The van der Waals surface area contributed by atoms with Gasteiger partial charge in [-0.25, -0.2) is 19.9 Å². The molecule has 8 aromatic rings. The molecule has 0 amide bonds. The molecule has 0 saturated carbocycles. The Morgan fingerprint density at radius 2 is 0.708 bits per heavy atom. The van der Waals surface area contributed by atoms with Gasteiger partial charge in [0.1, 0.15) is 0 Å². The van der Waals surface area contributed by atoms with Crippen LogP contribution in [0.3, 0.4) is 0 Å². The van der Waals surface area contributed by atoms with E-state index in [1.54, 1.807) is 12.4 Å². The van der Waals surface area contributed by atoms with Gasteiger partial charge in [0.25, 0.3) is 0 Å². The number of aromatic nitrogens is 6. The zero-order valence-corrected chi connectivity index (χ0v) is 25.8. The molecule has 48 heavy (non-hydrogen) atoms. The zero-order chi connectivity index (χ0) is 32.1. The SMILES string of the molecule is c1ccc(-c2nc(-c3ccccc3)nc(-c3cccc(-c4ccc(-c5cc(-c6cccnc6)nc(-c6cccnc6)c5)cc4)c3)n2)cc1. The number of pyridine rings is 3. The summed E-state index contributed by atoms with van der Waals surface area (Å²) in [7, 11) is 0. The Bertz CT molecular complexity index is 2190. The molecule has 0 N–H and O–H groups in total. The molecule has 4 heterocycles. The highest BCUT2D eigenvalue weighted by molar-refractivity contribution is 5.79. The first kappa shape index (κ1) is 28.8. The van der Waals surface area contributed by atoms with Gasteiger partial charge in [-0.15, -0.1) is 0 Å². The van der Waals surface area contributed by atoms with Crippen LogP contribution in [0.15, 0.2) is 170 Å². The van der Waals surface area contributed by atoms with Crippen LogP contribution in [0.4, 0.5) is 0 Å². The average Bonchev–Trinajstić information content (AvgIpc) is 3.19. The first-order valence-electron chi connectivity index (χ1n) is 15.7. The molecule has 0 aliphatic carbocycles. The highest BCUT2D eigenvalue weighted by Gasteiger charge is 2.14. The molecule has 0 aliphatic heterocycles. The molecule has 0 unspecified atom stereocenters. The number of hydrogen-bond acceptors (Lipinski definition) is 6. The molecule has 4 aromatic carbocycles. The molecule has 0 fully saturated rings. The minimum absolute atomic E-state index is 0.629. The molecule has 6 nitrogen and oxygen atoms in total. The Morgan fingerprint density at radius 1 is 0.271 bits per heavy atom. The Hall–Kier alpha value is -6.66. The Labute approximate surface area is 278 Å². The standard InChI is InChI=1S/C42H28N6/c1-3-10-31(11-4-1)40-46-41(32-12-5-2-6-13-32)48-42(47-40)34-15-7-14-33(24-34)29-18-20-30(21-19-29)37-25-38(35-16-8-22-43-27-35)45-39(26-37)36-17-9-23-44-28-36/h1-28H. The smallest absolute Gasteiger partial charge is 0.164 e. The third kappa shape index (κ3) is 6.10. The van der Waals surface area contributed by atoms with E-state index in [9.17, 15) is 0 Å². The van der Waals surface area contributed by atoms with E-state index >= 15 is 0 Å². The normalized spacial score (nSPS) is 10.9. The summed E-state index contributed by atoms with van der Waals surface area (Å²) < 4.78 is 0. The summed E-state index contributed by atoms with van der Waals surface area (Å²) in [5.74, 6) is 1.91. The van der Waals surface area contributed by atoms with Gasteiger partial charge in [-0.3, -0.25) is 9.97 Å². The van der Waals surface area contributed by atoms with Crippen molar-refractivity contribution in [3.05, 3.63) is 170 Å². The van der Waals surface area contributed by atoms with Crippen molar-refractivity contribution < 1.29 is 0 Å². The quantitative estimate of drug-likeness (QED) is 0.177. The van der Waals surface area contributed by atoms with Gasteiger partial charge >= 0.3 is 0 Å². The van der Waals surface area contributed by atoms with Crippen LogP contribution < -0.4 is 0 Å². The van der Waals surface area contributed by atoms with Gasteiger partial charge in [0.2, 0.25) is 0 Å². The first-order valence-corrected chi connectivity index (χ1v) is 15.7. The maximum atomic E-state index is 4.96. The van der Waals surface area contributed by atoms with E-state index < -0.39 is 0 Å². The van der Waals surface area contributed by atoms with E-state index in [4.69, 9.17) is 19.9 Å². The third-order valence-electron chi connectivity index (χ3n) is 8.11. The summed E-state index contributed by atoms with van der Waals surface area (Å²) in [5, 5.41) is 0. The van der Waals surface area contributed by atoms with E-state index in [-0.39, 0.29) is 0 Å². The summed E-state index contributed by atoms with van der Waals surface area (Å²) >= 11 is 0. The summed E-state index contributed by atoms with van der Waals surface area (Å²) in [4.78, 5) is 28.3. The van der Waals surface area contributed by atoms with Gasteiger partial charge in [0.15, 0.2) is 17.5 Å². The lowest BCUT2D eigenvalue weighted by Gasteiger charge is -2.11. The molecule has 8 rings (SSSR count). The van der Waals surface area contributed by atoms with Crippen LogP contribution >= 0.6 is 0 Å². The lowest BCUT2D eigenvalue weighted by atomic mass is 9.97. The van der Waals surface area contributed by atoms with Crippen molar-refractivity contribution in [1.82, 2.24) is 29.9 Å². The topological polar surface area (TPSA) is 77.3 Å². The molecule has 0 saturated heterocycles. The van der Waals surface area contributed by atoms with Crippen LogP contribution in [0.2, 0.25) is 0 Å². The molecular formula is C42H28N6. The van der Waals surface area contributed by atoms with Crippen LogP contribution in [0.1, 0.15) is 0 Å². The molecule has 0 atom stereocenters. The lowest BCUT2D eigenvalue weighted by Crippen LogP contribution is -2.00. The molecular weight excluding hydrogens is 589 g/mol. The predicted octanol–water partition coefficient (Wildman–Crippen LogP) is 9.73. The number of benzene rings is 4. The van der Waals surface area contributed by atoms with Gasteiger partial charge < -0.3 is 0 Å². The van der Waals surface area contributed by atoms with Crippen molar-refractivity contribution in [3.8, 4) is 78.9 Å². The molecule has 4 aromatic heterocycles. The number of nitrogens with zero attached hydrogens (tertiary/aromatic N) is 6. The van der Waals surface area contributed by atoms with Crippen molar-refractivity contribution in [1.29, 1.82) is 0 Å². The number of rotatable bonds is 7. The maximum Gasteiger partial charge on any atom is 0.164 e. The monoisotopic (exact) mass is 616 g/mol.